The van der Waals surface area contributed by atoms with Crippen molar-refractivity contribution in [2.75, 3.05) is 30.7 Å². The lowest BCUT2D eigenvalue weighted by Crippen LogP contribution is -2.24. The molecule has 1 unspecified atom stereocenters. The number of thioether (sulfide) groups is 1. The van der Waals surface area contributed by atoms with Gasteiger partial charge in [-0.2, -0.15) is 0 Å². The van der Waals surface area contributed by atoms with Gasteiger partial charge in [-0.25, -0.2) is 0 Å². The van der Waals surface area contributed by atoms with Crippen molar-refractivity contribution in [3.63, 3.8) is 0 Å². The fraction of sp³-hybridized carbons (Fsp3) is 0.350. The second-order valence-electron chi connectivity index (χ2n) is 6.45. The van der Waals surface area contributed by atoms with Gasteiger partial charge < -0.3 is 10.2 Å². The van der Waals surface area contributed by atoms with E-state index in [0.717, 1.165) is 24.0 Å². The van der Waals surface area contributed by atoms with Gasteiger partial charge in [0.2, 0.25) is 0 Å². The molecule has 0 aliphatic carbocycles. The van der Waals surface area contributed by atoms with Crippen molar-refractivity contribution >= 4 is 47.4 Å². The highest BCUT2D eigenvalue weighted by Crippen LogP contribution is 2.27. The van der Waals surface area contributed by atoms with Gasteiger partial charge in [0, 0.05) is 24.5 Å². The molecule has 1 fully saturated rings. The number of hydrogen-bond donors (Lipinski definition) is 1. The lowest BCUT2D eigenvalue weighted by atomic mass is 9.99. The summed E-state index contributed by atoms with van der Waals surface area (Å²) in [6, 6.07) is 19.4. The minimum Gasteiger partial charge on any atom is -0.335 e. The van der Waals surface area contributed by atoms with Gasteiger partial charge in [0.25, 0.3) is 0 Å². The predicted octanol–water partition coefficient (Wildman–Crippen LogP) is 5.03. The number of para-hydroxylation sites is 1. The molecule has 1 N–H and O–H groups in total. The van der Waals surface area contributed by atoms with Gasteiger partial charge in [-0.05, 0) is 36.1 Å². The molecule has 0 aromatic heterocycles. The lowest BCUT2D eigenvalue weighted by molar-refractivity contribution is 0.357. The van der Waals surface area contributed by atoms with Crippen molar-refractivity contribution in [1.29, 1.82) is 0 Å². The Hall–Kier alpha value is -1.20. The number of rotatable bonds is 4. The molecule has 2 aliphatic rings. The molecule has 0 saturated carbocycles. The Morgan fingerprint density at radius 2 is 1.81 bits per heavy atom. The second kappa shape index (κ2) is 10.2. The summed E-state index contributed by atoms with van der Waals surface area (Å²) in [5.41, 5.74) is 3.98. The van der Waals surface area contributed by atoms with Gasteiger partial charge in [-0.3, -0.25) is 4.99 Å². The summed E-state index contributed by atoms with van der Waals surface area (Å²) in [5, 5.41) is 4.51. The van der Waals surface area contributed by atoms with Crippen LogP contribution in [-0.4, -0.2) is 35.5 Å². The van der Waals surface area contributed by atoms with Crippen molar-refractivity contribution in [2.24, 2.45) is 4.99 Å². The van der Waals surface area contributed by atoms with E-state index in [2.05, 4.69) is 69.8 Å². The van der Waals surface area contributed by atoms with Gasteiger partial charge in [-0.1, -0.05) is 60.3 Å². The zero-order chi connectivity index (χ0) is 16.2. The number of halogens is 2. The first-order valence-electron chi connectivity index (χ1n) is 8.68. The molecule has 6 heteroatoms. The molecule has 2 aliphatic heterocycles. The largest absolute Gasteiger partial charge is 0.335 e. The molecule has 3 nitrogen and oxygen atoms in total. The number of benzene rings is 2. The molecule has 1 saturated heterocycles. The summed E-state index contributed by atoms with van der Waals surface area (Å²) >= 11 is 1.84. The molecule has 2 heterocycles. The van der Waals surface area contributed by atoms with Crippen molar-refractivity contribution in [2.45, 2.75) is 18.9 Å². The van der Waals surface area contributed by atoms with E-state index in [-0.39, 0.29) is 24.8 Å². The average molecular weight is 410 g/mol. The van der Waals surface area contributed by atoms with Gasteiger partial charge in [-0.15, -0.1) is 24.8 Å². The first kappa shape index (κ1) is 21.1. The Morgan fingerprint density at radius 1 is 1.04 bits per heavy atom. The third kappa shape index (κ3) is 5.17. The van der Waals surface area contributed by atoms with E-state index in [9.17, 15) is 0 Å². The molecular formula is C20H25Cl2N3S. The second-order valence-corrected chi connectivity index (χ2v) is 7.53. The Bertz CT molecular complexity index is 724. The Kier molecular flexibility index (Phi) is 8.29. The summed E-state index contributed by atoms with van der Waals surface area (Å²) in [4.78, 5) is 7.23. The number of nitrogens with zero attached hydrogens (tertiary/aromatic N) is 2. The molecule has 0 amide bonds. The van der Waals surface area contributed by atoms with E-state index >= 15 is 0 Å². The molecule has 26 heavy (non-hydrogen) atoms. The molecule has 2 aromatic rings. The summed E-state index contributed by atoms with van der Waals surface area (Å²) in [6.45, 7) is 4.33. The SMILES string of the molecule is Cl.Cl.c1ccc(C2CCN(CCSC3=NCc4ccccc4N3)C2)cc1. The Balaban J connectivity index is 0.00000121. The number of hydrogen-bond acceptors (Lipinski definition) is 4. The summed E-state index contributed by atoms with van der Waals surface area (Å²) in [7, 11) is 0. The van der Waals surface area contributed by atoms with Crippen LogP contribution in [0.1, 0.15) is 23.5 Å². The number of aliphatic imine (C=N–C) groups is 1. The van der Waals surface area contributed by atoms with Crippen LogP contribution in [0.4, 0.5) is 5.69 Å². The third-order valence-electron chi connectivity index (χ3n) is 4.84. The number of likely N-dealkylation sites (tertiary alicyclic amines) is 1. The fourth-order valence-corrected chi connectivity index (χ4v) is 4.36. The maximum absolute atomic E-state index is 4.65. The summed E-state index contributed by atoms with van der Waals surface area (Å²) in [6.07, 6.45) is 1.28. The first-order valence-corrected chi connectivity index (χ1v) is 9.66. The van der Waals surface area contributed by atoms with Crippen LogP contribution < -0.4 is 5.32 Å². The molecule has 1 atom stereocenters. The number of amidine groups is 1. The molecule has 0 spiro atoms. The molecule has 2 aromatic carbocycles. The van der Waals surface area contributed by atoms with Crippen LogP contribution in [-0.2, 0) is 6.54 Å². The van der Waals surface area contributed by atoms with Gasteiger partial charge in [0.15, 0.2) is 5.17 Å². The third-order valence-corrected chi connectivity index (χ3v) is 5.73. The predicted molar refractivity (Wildman–Crippen MR) is 118 cm³/mol. The lowest BCUT2D eigenvalue weighted by Gasteiger charge is -2.19. The maximum atomic E-state index is 4.65. The molecule has 4 rings (SSSR count). The highest BCUT2D eigenvalue weighted by Gasteiger charge is 2.23. The van der Waals surface area contributed by atoms with Crippen LogP contribution in [0.2, 0.25) is 0 Å². The van der Waals surface area contributed by atoms with Gasteiger partial charge in [0.05, 0.1) is 6.54 Å². The van der Waals surface area contributed by atoms with E-state index < -0.39 is 0 Å². The van der Waals surface area contributed by atoms with E-state index in [4.69, 9.17) is 0 Å². The quantitative estimate of drug-likeness (QED) is 0.766. The maximum Gasteiger partial charge on any atom is 0.161 e. The first-order chi connectivity index (χ1) is 11.9. The van der Waals surface area contributed by atoms with Crippen LogP contribution in [0.3, 0.4) is 0 Å². The zero-order valence-corrected chi connectivity index (χ0v) is 17.1. The number of anilines is 1. The molecule has 0 radical (unpaired) electrons. The van der Waals surface area contributed by atoms with Gasteiger partial charge >= 0.3 is 0 Å². The van der Waals surface area contributed by atoms with Crippen LogP contribution >= 0.6 is 36.6 Å². The topological polar surface area (TPSA) is 27.6 Å². The monoisotopic (exact) mass is 409 g/mol. The molecule has 140 valence electrons. The summed E-state index contributed by atoms with van der Waals surface area (Å²) < 4.78 is 0. The smallest absolute Gasteiger partial charge is 0.161 e. The van der Waals surface area contributed by atoms with Crippen molar-refractivity contribution in [3.8, 4) is 0 Å². The minimum absolute atomic E-state index is 0. The standard InChI is InChI=1S/C20H23N3S.2ClH/c1-2-6-16(7-3-1)18-10-11-23(15-18)12-13-24-20-21-14-17-8-4-5-9-19(17)22-20;;/h1-9,18H,10-15H2,(H,21,22);2*1H. The molecular weight excluding hydrogens is 385 g/mol. The van der Waals surface area contributed by atoms with E-state index in [1.54, 1.807) is 0 Å². The highest BCUT2D eigenvalue weighted by molar-refractivity contribution is 8.14. The minimum atomic E-state index is 0. The number of nitrogens with one attached hydrogen (secondary N) is 1. The highest BCUT2D eigenvalue weighted by atomic mass is 35.5. The van der Waals surface area contributed by atoms with E-state index in [1.165, 1.54) is 36.3 Å². The van der Waals surface area contributed by atoms with Crippen LogP contribution in [0, 0.1) is 0 Å². The van der Waals surface area contributed by atoms with E-state index in [0.29, 0.717) is 5.92 Å². The fourth-order valence-electron chi connectivity index (χ4n) is 3.48. The Labute approximate surface area is 172 Å². The van der Waals surface area contributed by atoms with Crippen molar-refractivity contribution in [3.05, 3.63) is 65.7 Å². The summed E-state index contributed by atoms with van der Waals surface area (Å²) in [5.74, 6) is 1.79. The van der Waals surface area contributed by atoms with E-state index in [1.807, 2.05) is 11.8 Å². The van der Waals surface area contributed by atoms with Crippen LogP contribution in [0.15, 0.2) is 59.6 Å². The molecule has 0 bridgehead atoms. The zero-order valence-electron chi connectivity index (χ0n) is 14.6. The normalized spacial score (nSPS) is 18.8. The number of fused-ring (bicyclic) bond motifs is 1. The van der Waals surface area contributed by atoms with Crippen LogP contribution in [0.25, 0.3) is 0 Å². The van der Waals surface area contributed by atoms with Gasteiger partial charge in [0.1, 0.15) is 0 Å². The Morgan fingerprint density at radius 3 is 2.65 bits per heavy atom. The van der Waals surface area contributed by atoms with Crippen LogP contribution in [0.5, 0.6) is 0 Å². The van der Waals surface area contributed by atoms with Crippen molar-refractivity contribution in [1.82, 2.24) is 4.90 Å². The average Bonchev–Trinajstić information content (AvgIpc) is 3.11. The van der Waals surface area contributed by atoms with Crippen molar-refractivity contribution < 1.29 is 0 Å².